The van der Waals surface area contributed by atoms with E-state index >= 15 is 0 Å². The number of likely N-dealkylation sites (tertiary alicyclic amines) is 1. The highest BCUT2D eigenvalue weighted by atomic mass is 16.6. The highest BCUT2D eigenvalue weighted by Crippen LogP contribution is 2.31. The van der Waals surface area contributed by atoms with E-state index in [1.54, 1.807) is 0 Å². The maximum absolute atomic E-state index is 10.7. The average Bonchev–Trinajstić information content (AvgIpc) is 2.48. The zero-order valence-corrected chi connectivity index (χ0v) is 12.3. The van der Waals surface area contributed by atoms with Crippen molar-refractivity contribution in [3.63, 3.8) is 0 Å². The Morgan fingerprint density at radius 3 is 2.81 bits per heavy atom. The Labute approximate surface area is 123 Å². The lowest BCUT2D eigenvalue weighted by atomic mass is 9.80. The highest BCUT2D eigenvalue weighted by Gasteiger charge is 2.29. The van der Waals surface area contributed by atoms with Crippen LogP contribution in [-0.2, 0) is 0 Å². The number of hydrogen-bond donors (Lipinski definition) is 1. The van der Waals surface area contributed by atoms with Crippen molar-refractivity contribution in [2.75, 3.05) is 32.0 Å². The monoisotopic (exact) mass is 289 g/mol. The van der Waals surface area contributed by atoms with Gasteiger partial charge < -0.3 is 10.2 Å². The van der Waals surface area contributed by atoms with Crippen molar-refractivity contribution in [3.8, 4) is 6.07 Å². The molecule has 7 heteroatoms. The molecule has 1 aromatic rings. The molecule has 0 aromatic carbocycles. The Kier molecular flexibility index (Phi) is 4.38. The number of rotatable bonds is 4. The van der Waals surface area contributed by atoms with Crippen LogP contribution in [0.4, 0.5) is 11.5 Å². The molecule has 112 valence electrons. The first-order valence-electron chi connectivity index (χ1n) is 6.90. The van der Waals surface area contributed by atoms with Gasteiger partial charge in [0, 0.05) is 12.6 Å². The predicted molar refractivity (Wildman–Crippen MR) is 78.9 cm³/mol. The minimum Gasteiger partial charge on any atom is -0.368 e. The first-order chi connectivity index (χ1) is 9.93. The summed E-state index contributed by atoms with van der Waals surface area (Å²) in [5.41, 5.74) is 0.200. The third-order valence-electron chi connectivity index (χ3n) is 4.08. The molecule has 0 aliphatic carbocycles. The van der Waals surface area contributed by atoms with Gasteiger partial charge >= 0.3 is 0 Å². The fraction of sp³-hybridized carbons (Fsp3) is 0.571. The molecule has 2 rings (SSSR count). The molecule has 7 nitrogen and oxygen atoms in total. The van der Waals surface area contributed by atoms with Crippen molar-refractivity contribution in [1.29, 1.82) is 5.26 Å². The summed E-state index contributed by atoms with van der Waals surface area (Å²) in [6.07, 6.45) is 3.33. The minimum atomic E-state index is -0.546. The van der Waals surface area contributed by atoms with E-state index in [-0.39, 0.29) is 16.7 Å². The lowest BCUT2D eigenvalue weighted by Crippen LogP contribution is -2.40. The van der Waals surface area contributed by atoms with Crippen LogP contribution >= 0.6 is 0 Å². The van der Waals surface area contributed by atoms with E-state index in [9.17, 15) is 10.1 Å². The van der Waals surface area contributed by atoms with Gasteiger partial charge in [0.25, 0.3) is 5.69 Å². The predicted octanol–water partition coefficient (Wildman–Crippen LogP) is 2.01. The maximum Gasteiger partial charge on any atom is 0.289 e. The van der Waals surface area contributed by atoms with E-state index < -0.39 is 4.92 Å². The lowest BCUT2D eigenvalue weighted by Gasteiger charge is -2.38. The number of hydrogen-bond acceptors (Lipinski definition) is 6. The largest absolute Gasteiger partial charge is 0.368 e. The van der Waals surface area contributed by atoms with Crippen LogP contribution in [-0.4, -0.2) is 41.5 Å². The van der Waals surface area contributed by atoms with Gasteiger partial charge in [0.15, 0.2) is 0 Å². The topological polar surface area (TPSA) is 95.1 Å². The maximum atomic E-state index is 10.7. The Morgan fingerprint density at radius 2 is 2.24 bits per heavy atom. The molecule has 0 spiro atoms. The molecule has 0 unspecified atom stereocenters. The molecule has 1 aromatic heterocycles. The summed E-state index contributed by atoms with van der Waals surface area (Å²) in [7, 11) is 2.11. The second-order valence-corrected chi connectivity index (χ2v) is 5.93. The van der Waals surface area contributed by atoms with E-state index in [0.717, 1.165) is 25.9 Å². The van der Waals surface area contributed by atoms with Gasteiger partial charge in [-0.25, -0.2) is 4.98 Å². The molecule has 1 N–H and O–H groups in total. The second kappa shape index (κ2) is 6.06. The number of anilines is 1. The van der Waals surface area contributed by atoms with Gasteiger partial charge in [-0.15, -0.1) is 0 Å². The number of nitrogens with zero attached hydrogens (tertiary/aromatic N) is 4. The van der Waals surface area contributed by atoms with Crippen LogP contribution in [0.3, 0.4) is 0 Å². The summed E-state index contributed by atoms with van der Waals surface area (Å²) in [6.45, 7) is 5.03. The molecular formula is C14H19N5O2. The van der Waals surface area contributed by atoms with Crippen LogP contribution in [0.5, 0.6) is 0 Å². The molecule has 0 amide bonds. The van der Waals surface area contributed by atoms with Crippen molar-refractivity contribution >= 4 is 11.5 Å². The first-order valence-corrected chi connectivity index (χ1v) is 6.90. The number of pyridine rings is 1. The van der Waals surface area contributed by atoms with Crippen molar-refractivity contribution < 1.29 is 4.92 Å². The number of nitro groups is 1. The number of nitriles is 1. The molecule has 21 heavy (non-hydrogen) atoms. The van der Waals surface area contributed by atoms with E-state index in [0.29, 0.717) is 12.4 Å². The molecule has 0 radical (unpaired) electrons. The quantitative estimate of drug-likeness (QED) is 0.673. The smallest absolute Gasteiger partial charge is 0.289 e. The fourth-order valence-corrected chi connectivity index (χ4v) is 2.41. The van der Waals surface area contributed by atoms with Gasteiger partial charge in [0.05, 0.1) is 4.92 Å². The second-order valence-electron chi connectivity index (χ2n) is 5.93. The van der Waals surface area contributed by atoms with Crippen LogP contribution in [0, 0.1) is 26.9 Å². The molecule has 0 bridgehead atoms. The molecule has 0 saturated carbocycles. The van der Waals surface area contributed by atoms with Gasteiger partial charge in [-0.05, 0) is 38.4 Å². The normalized spacial score (nSPS) is 18.0. The summed E-state index contributed by atoms with van der Waals surface area (Å²) in [6, 6.07) is 3.22. The van der Waals surface area contributed by atoms with Crippen LogP contribution < -0.4 is 5.32 Å². The highest BCUT2D eigenvalue weighted by molar-refractivity contribution is 5.55. The Hall–Kier alpha value is -2.20. The average molecular weight is 289 g/mol. The number of piperidine rings is 1. The zero-order chi connectivity index (χ0) is 15.5. The minimum absolute atomic E-state index is 0.155. The third kappa shape index (κ3) is 3.67. The SMILES string of the molecule is CN1CCC(C)(CNc2ncc([N+](=O)[O-])cc2C#N)CC1. The lowest BCUT2D eigenvalue weighted by molar-refractivity contribution is -0.385. The molecule has 1 fully saturated rings. The third-order valence-corrected chi connectivity index (χ3v) is 4.08. The standard InChI is InChI=1S/C14H19N5O2/c1-14(3-5-18(2)6-4-14)10-17-13-11(8-15)7-12(9-16-13)19(20)21/h7,9H,3-6,10H2,1-2H3,(H,16,17). The van der Waals surface area contributed by atoms with E-state index in [2.05, 4.69) is 29.2 Å². The summed E-state index contributed by atoms with van der Waals surface area (Å²) < 4.78 is 0. The molecule has 1 aliphatic rings. The van der Waals surface area contributed by atoms with Crippen molar-refractivity contribution in [1.82, 2.24) is 9.88 Å². The van der Waals surface area contributed by atoms with Crippen LogP contribution in [0.1, 0.15) is 25.3 Å². The van der Waals surface area contributed by atoms with Crippen molar-refractivity contribution in [2.24, 2.45) is 5.41 Å². The number of aromatic nitrogens is 1. The van der Waals surface area contributed by atoms with Crippen LogP contribution in [0.15, 0.2) is 12.3 Å². The fourth-order valence-electron chi connectivity index (χ4n) is 2.41. The van der Waals surface area contributed by atoms with E-state index in [4.69, 9.17) is 5.26 Å². The zero-order valence-electron chi connectivity index (χ0n) is 12.3. The summed E-state index contributed by atoms with van der Waals surface area (Å²) in [5.74, 6) is 0.420. The Bertz CT molecular complexity index is 573. The van der Waals surface area contributed by atoms with E-state index in [1.165, 1.54) is 12.3 Å². The molecular weight excluding hydrogens is 270 g/mol. The van der Waals surface area contributed by atoms with Crippen molar-refractivity contribution in [3.05, 3.63) is 27.9 Å². The van der Waals surface area contributed by atoms with Gasteiger partial charge in [0.1, 0.15) is 23.6 Å². The Balaban J connectivity index is 2.06. The summed E-state index contributed by atoms with van der Waals surface area (Å²) in [4.78, 5) is 16.5. The molecule has 2 heterocycles. The van der Waals surface area contributed by atoms with Gasteiger partial charge in [-0.3, -0.25) is 10.1 Å². The van der Waals surface area contributed by atoms with Crippen molar-refractivity contribution in [2.45, 2.75) is 19.8 Å². The van der Waals surface area contributed by atoms with Gasteiger partial charge in [0.2, 0.25) is 0 Å². The van der Waals surface area contributed by atoms with E-state index in [1.807, 2.05) is 6.07 Å². The van der Waals surface area contributed by atoms with Crippen LogP contribution in [0.2, 0.25) is 0 Å². The number of nitrogens with one attached hydrogen (secondary N) is 1. The first kappa shape index (κ1) is 15.2. The summed E-state index contributed by atoms with van der Waals surface area (Å²) >= 11 is 0. The van der Waals surface area contributed by atoms with Crippen LogP contribution in [0.25, 0.3) is 0 Å². The summed E-state index contributed by atoms with van der Waals surface area (Å²) in [5, 5.41) is 23.0. The van der Waals surface area contributed by atoms with Gasteiger partial charge in [-0.2, -0.15) is 5.26 Å². The molecule has 1 saturated heterocycles. The Morgan fingerprint density at radius 1 is 1.57 bits per heavy atom. The van der Waals surface area contributed by atoms with Gasteiger partial charge in [-0.1, -0.05) is 6.92 Å². The molecule has 0 atom stereocenters. The molecule has 1 aliphatic heterocycles.